The first-order valence-corrected chi connectivity index (χ1v) is 28.2. The van der Waals surface area contributed by atoms with Crippen molar-refractivity contribution in [3.05, 3.63) is 12.2 Å². The van der Waals surface area contributed by atoms with E-state index in [1.807, 2.05) is 0 Å². The van der Waals surface area contributed by atoms with E-state index >= 15 is 0 Å². The molecule has 0 aliphatic heterocycles. The summed E-state index contributed by atoms with van der Waals surface area (Å²) in [4.78, 5) is 38.0. The van der Waals surface area contributed by atoms with Crippen molar-refractivity contribution in [3.8, 4) is 0 Å². The SMILES string of the molecule is CCCCCC/C=C\CCCCCCCCCC(=O)OC[C@H](COC(=O)CCCCCCCCCCCCCCCCCCCCC)OC(=O)CCCCCCCCCCCCC. The van der Waals surface area contributed by atoms with Gasteiger partial charge in [-0.2, -0.15) is 0 Å². The summed E-state index contributed by atoms with van der Waals surface area (Å²) in [7, 11) is 0. The van der Waals surface area contributed by atoms with E-state index in [2.05, 4.69) is 32.9 Å². The van der Waals surface area contributed by atoms with E-state index in [9.17, 15) is 14.4 Å². The number of allylic oxidation sites excluding steroid dienone is 2. The number of ether oxygens (including phenoxy) is 3. The zero-order valence-electron chi connectivity index (χ0n) is 42.6. The number of esters is 3. The van der Waals surface area contributed by atoms with Crippen molar-refractivity contribution in [1.82, 2.24) is 0 Å². The lowest BCUT2D eigenvalue weighted by atomic mass is 10.0. The lowest BCUT2D eigenvalue weighted by Gasteiger charge is -2.18. The Labute approximate surface area is 392 Å². The molecule has 0 saturated heterocycles. The molecule has 0 fully saturated rings. The molecule has 0 amide bonds. The van der Waals surface area contributed by atoms with E-state index in [0.717, 1.165) is 57.8 Å². The molecule has 0 aliphatic carbocycles. The summed E-state index contributed by atoms with van der Waals surface area (Å²) in [5.74, 6) is -0.849. The van der Waals surface area contributed by atoms with Crippen molar-refractivity contribution in [2.75, 3.05) is 13.2 Å². The molecule has 372 valence electrons. The largest absolute Gasteiger partial charge is 0.462 e. The minimum absolute atomic E-state index is 0.0655. The van der Waals surface area contributed by atoms with E-state index in [-0.39, 0.29) is 31.1 Å². The molecule has 0 spiro atoms. The molecule has 0 rings (SSSR count). The van der Waals surface area contributed by atoms with Gasteiger partial charge in [-0.05, 0) is 44.9 Å². The third-order valence-electron chi connectivity index (χ3n) is 12.8. The number of carbonyl (C=O) groups excluding carboxylic acids is 3. The Balaban J connectivity index is 4.25. The number of rotatable bonds is 52. The van der Waals surface area contributed by atoms with Crippen LogP contribution in [-0.4, -0.2) is 37.2 Å². The van der Waals surface area contributed by atoms with Gasteiger partial charge >= 0.3 is 17.9 Å². The fourth-order valence-corrected chi connectivity index (χ4v) is 8.50. The highest BCUT2D eigenvalue weighted by Gasteiger charge is 2.19. The third kappa shape index (κ3) is 51.0. The van der Waals surface area contributed by atoms with Crippen LogP contribution in [0.4, 0.5) is 0 Å². The van der Waals surface area contributed by atoms with Gasteiger partial charge in [0.15, 0.2) is 6.10 Å². The van der Waals surface area contributed by atoms with Crippen molar-refractivity contribution >= 4 is 17.9 Å². The smallest absolute Gasteiger partial charge is 0.306 e. The Hall–Kier alpha value is -1.85. The molecule has 0 N–H and O–H groups in total. The van der Waals surface area contributed by atoms with Crippen LogP contribution in [0.15, 0.2) is 12.2 Å². The maximum absolute atomic E-state index is 12.8. The van der Waals surface area contributed by atoms with Crippen molar-refractivity contribution in [2.24, 2.45) is 0 Å². The molecule has 0 aliphatic rings. The Kier molecular flexibility index (Phi) is 51.2. The minimum Gasteiger partial charge on any atom is -0.462 e. The molecule has 63 heavy (non-hydrogen) atoms. The highest BCUT2D eigenvalue weighted by molar-refractivity contribution is 5.71. The van der Waals surface area contributed by atoms with Crippen LogP contribution in [0.2, 0.25) is 0 Å². The van der Waals surface area contributed by atoms with Crippen LogP contribution in [0.1, 0.15) is 316 Å². The zero-order valence-corrected chi connectivity index (χ0v) is 42.6. The summed E-state index contributed by atoms with van der Waals surface area (Å²) in [6, 6.07) is 0. The molecule has 0 aromatic rings. The van der Waals surface area contributed by atoms with E-state index in [4.69, 9.17) is 14.2 Å². The molecular weight excluding hydrogens is 781 g/mol. The van der Waals surface area contributed by atoms with Crippen molar-refractivity contribution in [1.29, 1.82) is 0 Å². The lowest BCUT2D eigenvalue weighted by Crippen LogP contribution is -2.30. The molecule has 1 atom stereocenters. The highest BCUT2D eigenvalue weighted by Crippen LogP contribution is 2.17. The second kappa shape index (κ2) is 52.8. The summed E-state index contributed by atoms with van der Waals surface area (Å²) >= 11 is 0. The number of unbranched alkanes of at least 4 members (excludes halogenated alkanes) is 39. The Morgan fingerprint density at radius 1 is 0.302 bits per heavy atom. The van der Waals surface area contributed by atoms with Gasteiger partial charge in [0.2, 0.25) is 0 Å². The predicted octanol–water partition coefficient (Wildman–Crippen LogP) is 18.5. The first-order valence-electron chi connectivity index (χ1n) is 28.2. The van der Waals surface area contributed by atoms with Gasteiger partial charge in [-0.15, -0.1) is 0 Å². The Morgan fingerprint density at radius 3 is 0.810 bits per heavy atom. The maximum atomic E-state index is 12.8. The topological polar surface area (TPSA) is 78.9 Å². The molecule has 0 unspecified atom stereocenters. The number of carbonyl (C=O) groups is 3. The number of hydrogen-bond donors (Lipinski definition) is 0. The molecule has 0 bridgehead atoms. The summed E-state index contributed by atoms with van der Waals surface area (Å²) in [5, 5.41) is 0. The van der Waals surface area contributed by atoms with Gasteiger partial charge in [0.25, 0.3) is 0 Å². The van der Waals surface area contributed by atoms with Crippen molar-refractivity contribution < 1.29 is 28.6 Å². The highest BCUT2D eigenvalue weighted by atomic mass is 16.6. The Morgan fingerprint density at radius 2 is 0.524 bits per heavy atom. The van der Waals surface area contributed by atoms with Crippen LogP contribution in [0.3, 0.4) is 0 Å². The monoisotopic (exact) mass is 889 g/mol. The second-order valence-corrected chi connectivity index (χ2v) is 19.2. The molecule has 0 saturated carbocycles. The van der Waals surface area contributed by atoms with Gasteiger partial charge in [0.1, 0.15) is 13.2 Å². The summed E-state index contributed by atoms with van der Waals surface area (Å²) in [5.41, 5.74) is 0. The quantitative estimate of drug-likeness (QED) is 0.0262. The van der Waals surface area contributed by atoms with Crippen LogP contribution < -0.4 is 0 Å². The van der Waals surface area contributed by atoms with Gasteiger partial charge in [-0.25, -0.2) is 0 Å². The first kappa shape index (κ1) is 61.1. The van der Waals surface area contributed by atoms with Crippen LogP contribution in [0.25, 0.3) is 0 Å². The van der Waals surface area contributed by atoms with E-state index in [0.29, 0.717) is 19.3 Å². The minimum atomic E-state index is -0.765. The number of hydrogen-bond acceptors (Lipinski definition) is 6. The molecule has 0 heterocycles. The normalized spacial score (nSPS) is 12.0. The van der Waals surface area contributed by atoms with Gasteiger partial charge in [-0.1, -0.05) is 264 Å². The van der Waals surface area contributed by atoms with Gasteiger partial charge in [-0.3, -0.25) is 14.4 Å². The van der Waals surface area contributed by atoms with Crippen LogP contribution in [0, 0.1) is 0 Å². The fourth-order valence-electron chi connectivity index (χ4n) is 8.50. The fraction of sp³-hybridized carbons (Fsp3) is 0.912. The molecule has 0 radical (unpaired) electrons. The molecule has 6 heteroatoms. The predicted molar refractivity (Wildman–Crippen MR) is 270 cm³/mol. The summed E-state index contributed by atoms with van der Waals surface area (Å²) in [6.07, 6.45) is 59.1. The average Bonchev–Trinajstić information content (AvgIpc) is 3.28. The zero-order chi connectivity index (χ0) is 45.8. The maximum Gasteiger partial charge on any atom is 0.306 e. The first-order chi connectivity index (χ1) is 31.0. The summed E-state index contributed by atoms with van der Waals surface area (Å²) < 4.78 is 16.8. The molecule has 0 aromatic carbocycles. The summed E-state index contributed by atoms with van der Waals surface area (Å²) in [6.45, 7) is 6.67. The van der Waals surface area contributed by atoms with Crippen LogP contribution in [0.5, 0.6) is 0 Å². The second-order valence-electron chi connectivity index (χ2n) is 19.2. The van der Waals surface area contributed by atoms with E-state index in [1.54, 1.807) is 0 Å². The lowest BCUT2D eigenvalue weighted by molar-refractivity contribution is -0.167. The Bertz CT molecular complexity index is 978. The molecular formula is C57H108O6. The van der Waals surface area contributed by atoms with Crippen molar-refractivity contribution in [2.45, 2.75) is 322 Å². The molecule has 0 aromatic heterocycles. The van der Waals surface area contributed by atoms with Gasteiger partial charge < -0.3 is 14.2 Å². The van der Waals surface area contributed by atoms with Gasteiger partial charge in [0.05, 0.1) is 0 Å². The van der Waals surface area contributed by atoms with Crippen LogP contribution >= 0.6 is 0 Å². The van der Waals surface area contributed by atoms with E-state index < -0.39 is 6.10 Å². The standard InChI is InChI=1S/C57H108O6/c1-4-7-10-13-16-19-22-24-26-27-28-29-31-33-36-38-41-44-47-50-56(59)62-53-54(63-57(60)51-48-45-42-39-34-21-18-15-12-9-6-3)52-61-55(58)49-46-43-40-37-35-32-30-25-23-20-17-14-11-8-5-2/h20,23,54H,4-19,21-22,24-53H2,1-3H3/b23-20-/t54-/m1/s1. The van der Waals surface area contributed by atoms with Crippen molar-refractivity contribution in [3.63, 3.8) is 0 Å². The van der Waals surface area contributed by atoms with Gasteiger partial charge in [0, 0.05) is 19.3 Å². The third-order valence-corrected chi connectivity index (χ3v) is 12.8. The van der Waals surface area contributed by atoms with E-state index in [1.165, 1.54) is 218 Å². The van der Waals surface area contributed by atoms with Crippen LogP contribution in [-0.2, 0) is 28.6 Å². The molecule has 6 nitrogen and oxygen atoms in total. The average molecular weight is 889 g/mol.